The Kier molecular flexibility index (Phi) is 4.03. The Morgan fingerprint density at radius 3 is 2.35 bits per heavy atom. The minimum Gasteiger partial charge on any atom is -0.504 e. The molecule has 2 nitrogen and oxygen atoms in total. The van der Waals surface area contributed by atoms with Gasteiger partial charge in [0.05, 0.1) is 6.61 Å². The minimum absolute atomic E-state index is 0.201. The van der Waals surface area contributed by atoms with Crippen LogP contribution in [0.2, 0.25) is 0 Å². The molecule has 0 atom stereocenters. The van der Waals surface area contributed by atoms with Crippen LogP contribution in [0.5, 0.6) is 11.5 Å². The van der Waals surface area contributed by atoms with E-state index in [9.17, 15) is 5.11 Å². The lowest BCUT2D eigenvalue weighted by Crippen LogP contribution is -1.99. The largest absolute Gasteiger partial charge is 0.504 e. The highest BCUT2D eigenvalue weighted by atomic mass is 16.5. The van der Waals surface area contributed by atoms with Crippen LogP contribution in [0.1, 0.15) is 12.0 Å². The van der Waals surface area contributed by atoms with Gasteiger partial charge in [-0.05, 0) is 30.5 Å². The highest BCUT2D eigenvalue weighted by molar-refractivity contribution is 5.37. The van der Waals surface area contributed by atoms with Gasteiger partial charge in [-0.3, -0.25) is 0 Å². The van der Waals surface area contributed by atoms with Crippen molar-refractivity contribution in [3.05, 3.63) is 60.2 Å². The Hall–Kier alpha value is -1.96. The SMILES string of the molecule is Oc1ccccc1OCCCc1ccccc1. The van der Waals surface area contributed by atoms with Crippen molar-refractivity contribution in [1.82, 2.24) is 0 Å². The fourth-order valence-electron chi connectivity index (χ4n) is 1.68. The van der Waals surface area contributed by atoms with Crippen LogP contribution < -0.4 is 4.74 Å². The second-order valence-electron chi connectivity index (χ2n) is 3.91. The molecule has 0 aliphatic heterocycles. The van der Waals surface area contributed by atoms with E-state index in [0.717, 1.165) is 12.8 Å². The Morgan fingerprint density at radius 2 is 1.59 bits per heavy atom. The summed E-state index contributed by atoms with van der Waals surface area (Å²) in [6.45, 7) is 0.618. The van der Waals surface area contributed by atoms with Crippen LogP contribution in [-0.2, 0) is 6.42 Å². The average Bonchev–Trinajstić information content (AvgIpc) is 2.38. The van der Waals surface area contributed by atoms with Gasteiger partial charge in [0, 0.05) is 0 Å². The van der Waals surface area contributed by atoms with Crippen LogP contribution >= 0.6 is 0 Å². The highest BCUT2D eigenvalue weighted by Crippen LogP contribution is 2.24. The topological polar surface area (TPSA) is 29.5 Å². The van der Waals surface area contributed by atoms with E-state index in [1.807, 2.05) is 24.3 Å². The molecule has 0 saturated carbocycles. The van der Waals surface area contributed by atoms with Gasteiger partial charge in [-0.2, -0.15) is 0 Å². The summed E-state index contributed by atoms with van der Waals surface area (Å²) in [4.78, 5) is 0. The molecule has 2 aromatic rings. The second kappa shape index (κ2) is 5.94. The average molecular weight is 228 g/mol. The molecule has 0 bridgehead atoms. The zero-order valence-electron chi connectivity index (χ0n) is 9.67. The number of benzene rings is 2. The van der Waals surface area contributed by atoms with Crippen LogP contribution in [0.3, 0.4) is 0 Å². The third-order valence-electron chi connectivity index (χ3n) is 2.58. The predicted octanol–water partition coefficient (Wildman–Crippen LogP) is 3.40. The van der Waals surface area contributed by atoms with Crippen molar-refractivity contribution in [1.29, 1.82) is 0 Å². The molecule has 1 N–H and O–H groups in total. The van der Waals surface area contributed by atoms with Gasteiger partial charge < -0.3 is 9.84 Å². The van der Waals surface area contributed by atoms with Gasteiger partial charge in [0.15, 0.2) is 11.5 Å². The molecule has 0 saturated heterocycles. The van der Waals surface area contributed by atoms with Gasteiger partial charge in [-0.25, -0.2) is 0 Å². The van der Waals surface area contributed by atoms with Gasteiger partial charge in [0.25, 0.3) is 0 Å². The number of phenols is 1. The molecule has 88 valence electrons. The summed E-state index contributed by atoms with van der Waals surface area (Å²) < 4.78 is 5.51. The molecule has 0 amide bonds. The molecule has 0 heterocycles. The molecule has 0 radical (unpaired) electrons. The fourth-order valence-corrected chi connectivity index (χ4v) is 1.68. The molecule has 0 unspecified atom stereocenters. The molecule has 0 spiro atoms. The lowest BCUT2D eigenvalue weighted by atomic mass is 10.1. The van der Waals surface area contributed by atoms with Crippen molar-refractivity contribution in [2.45, 2.75) is 12.8 Å². The molecule has 0 aliphatic rings. The van der Waals surface area contributed by atoms with Crippen molar-refractivity contribution in [3.63, 3.8) is 0 Å². The summed E-state index contributed by atoms with van der Waals surface area (Å²) >= 11 is 0. The number of aryl methyl sites for hydroxylation is 1. The monoisotopic (exact) mass is 228 g/mol. The zero-order chi connectivity index (χ0) is 11.9. The van der Waals surface area contributed by atoms with E-state index in [4.69, 9.17) is 4.74 Å². The van der Waals surface area contributed by atoms with Crippen molar-refractivity contribution in [2.75, 3.05) is 6.61 Å². The normalized spacial score (nSPS) is 10.1. The summed E-state index contributed by atoms with van der Waals surface area (Å²) in [5.74, 6) is 0.757. The number of phenolic OH excluding ortho intramolecular Hbond substituents is 1. The smallest absolute Gasteiger partial charge is 0.160 e. The molecule has 0 fully saturated rings. The molecule has 0 aliphatic carbocycles. The summed E-state index contributed by atoms with van der Waals surface area (Å²) in [6, 6.07) is 17.4. The van der Waals surface area contributed by atoms with Gasteiger partial charge in [-0.15, -0.1) is 0 Å². The first-order chi connectivity index (χ1) is 8.36. The molecule has 2 rings (SSSR count). The van der Waals surface area contributed by atoms with E-state index >= 15 is 0 Å². The summed E-state index contributed by atoms with van der Waals surface area (Å²) in [5.41, 5.74) is 1.31. The summed E-state index contributed by atoms with van der Waals surface area (Å²) in [7, 11) is 0. The Labute approximate surface area is 101 Å². The molecular weight excluding hydrogens is 212 g/mol. The van der Waals surface area contributed by atoms with Crippen LogP contribution in [-0.4, -0.2) is 11.7 Å². The maximum absolute atomic E-state index is 9.50. The summed E-state index contributed by atoms with van der Waals surface area (Å²) in [6.07, 6.45) is 1.94. The Morgan fingerprint density at radius 1 is 0.882 bits per heavy atom. The zero-order valence-corrected chi connectivity index (χ0v) is 9.67. The lowest BCUT2D eigenvalue weighted by molar-refractivity contribution is 0.294. The first-order valence-electron chi connectivity index (χ1n) is 5.81. The Bertz CT molecular complexity index is 451. The number of hydrogen-bond donors (Lipinski definition) is 1. The number of aromatic hydroxyl groups is 1. The van der Waals surface area contributed by atoms with Gasteiger partial charge in [-0.1, -0.05) is 42.5 Å². The van der Waals surface area contributed by atoms with E-state index in [1.54, 1.807) is 18.2 Å². The second-order valence-corrected chi connectivity index (χ2v) is 3.91. The van der Waals surface area contributed by atoms with Crippen molar-refractivity contribution >= 4 is 0 Å². The first-order valence-corrected chi connectivity index (χ1v) is 5.81. The van der Waals surface area contributed by atoms with Crippen molar-refractivity contribution in [2.24, 2.45) is 0 Å². The minimum atomic E-state index is 0.201. The fraction of sp³-hybridized carbons (Fsp3) is 0.200. The van der Waals surface area contributed by atoms with E-state index in [1.165, 1.54) is 5.56 Å². The van der Waals surface area contributed by atoms with E-state index in [2.05, 4.69) is 12.1 Å². The molecule has 17 heavy (non-hydrogen) atoms. The number of ether oxygens (including phenoxy) is 1. The van der Waals surface area contributed by atoms with Crippen molar-refractivity contribution < 1.29 is 9.84 Å². The molecule has 2 aromatic carbocycles. The first kappa shape index (κ1) is 11.5. The van der Waals surface area contributed by atoms with Crippen molar-refractivity contribution in [3.8, 4) is 11.5 Å². The van der Waals surface area contributed by atoms with Crippen LogP contribution in [0.25, 0.3) is 0 Å². The van der Waals surface area contributed by atoms with Gasteiger partial charge in [0.1, 0.15) is 0 Å². The van der Waals surface area contributed by atoms with E-state index in [-0.39, 0.29) is 5.75 Å². The van der Waals surface area contributed by atoms with Crippen LogP contribution in [0.15, 0.2) is 54.6 Å². The van der Waals surface area contributed by atoms with E-state index < -0.39 is 0 Å². The van der Waals surface area contributed by atoms with Crippen LogP contribution in [0.4, 0.5) is 0 Å². The predicted molar refractivity (Wildman–Crippen MR) is 68.4 cm³/mol. The van der Waals surface area contributed by atoms with E-state index in [0.29, 0.717) is 12.4 Å². The molecular formula is C15H16O2. The number of hydrogen-bond acceptors (Lipinski definition) is 2. The Balaban J connectivity index is 1.76. The molecule has 2 heteroatoms. The number of rotatable bonds is 5. The summed E-state index contributed by atoms with van der Waals surface area (Å²) in [5, 5.41) is 9.50. The maximum Gasteiger partial charge on any atom is 0.160 e. The lowest BCUT2D eigenvalue weighted by Gasteiger charge is -2.07. The van der Waals surface area contributed by atoms with Crippen LogP contribution in [0, 0.1) is 0 Å². The quantitative estimate of drug-likeness (QED) is 0.795. The third kappa shape index (κ3) is 3.52. The standard InChI is InChI=1S/C15H16O2/c16-14-10-4-5-11-15(14)17-12-6-9-13-7-2-1-3-8-13/h1-5,7-8,10-11,16H,6,9,12H2. The third-order valence-corrected chi connectivity index (χ3v) is 2.58. The highest BCUT2D eigenvalue weighted by Gasteiger charge is 1.99. The molecule has 0 aromatic heterocycles. The van der Waals surface area contributed by atoms with Gasteiger partial charge >= 0.3 is 0 Å². The number of para-hydroxylation sites is 2. The van der Waals surface area contributed by atoms with Gasteiger partial charge in [0.2, 0.25) is 0 Å². The maximum atomic E-state index is 9.50.